The van der Waals surface area contributed by atoms with Crippen LogP contribution in [0.5, 0.6) is 5.75 Å². The van der Waals surface area contributed by atoms with Gasteiger partial charge in [-0.05, 0) is 45.4 Å². The van der Waals surface area contributed by atoms with Gasteiger partial charge in [-0.3, -0.25) is 9.59 Å². The lowest BCUT2D eigenvalue weighted by molar-refractivity contribution is -0.133. The first-order valence-electron chi connectivity index (χ1n) is 8.19. The Balaban J connectivity index is 0.00000288. The summed E-state index contributed by atoms with van der Waals surface area (Å²) in [6, 6.07) is 7.01. The molecule has 1 atom stereocenters. The molecular formula is C17H26ClN3O3. The monoisotopic (exact) mass is 355 g/mol. The van der Waals surface area contributed by atoms with Crippen molar-refractivity contribution < 1.29 is 14.3 Å². The van der Waals surface area contributed by atoms with E-state index in [2.05, 4.69) is 10.6 Å². The largest absolute Gasteiger partial charge is 0.484 e. The number of ether oxygens (including phenoxy) is 1. The van der Waals surface area contributed by atoms with Crippen molar-refractivity contribution >= 4 is 29.9 Å². The molecule has 24 heavy (non-hydrogen) atoms. The maximum absolute atomic E-state index is 12.1. The van der Waals surface area contributed by atoms with Crippen molar-refractivity contribution in [3.05, 3.63) is 24.3 Å². The van der Waals surface area contributed by atoms with Gasteiger partial charge in [-0.15, -0.1) is 12.4 Å². The lowest BCUT2D eigenvalue weighted by Crippen LogP contribution is -2.35. The van der Waals surface area contributed by atoms with Crippen molar-refractivity contribution in [2.45, 2.75) is 32.7 Å². The molecule has 1 aliphatic rings. The standard InChI is InChI=1S/C17H25N3O3.ClH/c1-3-20(4-2)16(21)12-23-14-8-5-7-13(11-14)19-17(22)15-9-6-10-18-15;/h5,7-8,11,15,18H,3-4,6,9-10,12H2,1-2H3,(H,19,22);1H. The van der Waals surface area contributed by atoms with Crippen LogP contribution in [-0.2, 0) is 9.59 Å². The topological polar surface area (TPSA) is 70.7 Å². The highest BCUT2D eigenvalue weighted by atomic mass is 35.5. The van der Waals surface area contributed by atoms with Crippen LogP contribution in [0.4, 0.5) is 5.69 Å². The van der Waals surface area contributed by atoms with E-state index in [1.165, 1.54) is 0 Å². The van der Waals surface area contributed by atoms with Crippen LogP contribution in [0.2, 0.25) is 0 Å². The lowest BCUT2D eigenvalue weighted by atomic mass is 10.2. The minimum atomic E-state index is -0.121. The van der Waals surface area contributed by atoms with Gasteiger partial charge in [0.15, 0.2) is 6.61 Å². The molecule has 2 N–H and O–H groups in total. The number of benzene rings is 1. The summed E-state index contributed by atoms with van der Waals surface area (Å²) < 4.78 is 5.54. The summed E-state index contributed by atoms with van der Waals surface area (Å²) in [6.45, 7) is 6.10. The Kier molecular flexibility index (Phi) is 8.57. The van der Waals surface area contributed by atoms with E-state index in [4.69, 9.17) is 4.74 Å². The normalized spacial score (nSPS) is 16.2. The zero-order valence-electron chi connectivity index (χ0n) is 14.2. The molecular weight excluding hydrogens is 330 g/mol. The van der Waals surface area contributed by atoms with Crippen molar-refractivity contribution in [3.8, 4) is 5.75 Å². The van der Waals surface area contributed by atoms with Crippen LogP contribution in [0.1, 0.15) is 26.7 Å². The van der Waals surface area contributed by atoms with Crippen molar-refractivity contribution in [1.82, 2.24) is 10.2 Å². The number of halogens is 1. The average molecular weight is 356 g/mol. The number of nitrogens with one attached hydrogen (secondary N) is 2. The molecule has 1 aliphatic heterocycles. The number of rotatable bonds is 7. The number of amides is 2. The first-order chi connectivity index (χ1) is 11.1. The van der Waals surface area contributed by atoms with Gasteiger partial charge in [0, 0.05) is 24.8 Å². The molecule has 1 aromatic rings. The van der Waals surface area contributed by atoms with E-state index in [0.29, 0.717) is 24.5 Å². The van der Waals surface area contributed by atoms with E-state index >= 15 is 0 Å². The molecule has 0 saturated carbocycles. The number of nitrogens with zero attached hydrogens (tertiary/aromatic N) is 1. The molecule has 6 nitrogen and oxygen atoms in total. The van der Waals surface area contributed by atoms with E-state index in [1.807, 2.05) is 19.9 Å². The predicted octanol–water partition coefficient (Wildman–Crippen LogP) is 2.05. The van der Waals surface area contributed by atoms with Gasteiger partial charge in [0.25, 0.3) is 5.91 Å². The number of carbonyl (C=O) groups excluding carboxylic acids is 2. The Morgan fingerprint density at radius 2 is 2.08 bits per heavy atom. The third-order valence-electron chi connectivity index (χ3n) is 3.96. The quantitative estimate of drug-likeness (QED) is 0.785. The molecule has 1 unspecified atom stereocenters. The molecule has 2 amide bonds. The van der Waals surface area contributed by atoms with Gasteiger partial charge in [-0.25, -0.2) is 0 Å². The molecule has 0 aromatic heterocycles. The van der Waals surface area contributed by atoms with Gasteiger partial charge >= 0.3 is 0 Å². The Labute approximate surface area is 149 Å². The molecule has 0 spiro atoms. The lowest BCUT2D eigenvalue weighted by Gasteiger charge is -2.18. The highest BCUT2D eigenvalue weighted by Crippen LogP contribution is 2.18. The Hall–Kier alpha value is -1.79. The summed E-state index contributed by atoms with van der Waals surface area (Å²) in [6.07, 6.45) is 1.88. The smallest absolute Gasteiger partial charge is 0.260 e. The highest BCUT2D eigenvalue weighted by Gasteiger charge is 2.21. The van der Waals surface area contributed by atoms with Crippen molar-refractivity contribution in [3.63, 3.8) is 0 Å². The summed E-state index contributed by atoms with van der Waals surface area (Å²) in [7, 11) is 0. The molecule has 1 heterocycles. The molecule has 0 aliphatic carbocycles. The fourth-order valence-electron chi connectivity index (χ4n) is 2.61. The molecule has 1 fully saturated rings. The number of hydrogen-bond acceptors (Lipinski definition) is 4. The molecule has 134 valence electrons. The van der Waals surface area contributed by atoms with Gasteiger partial charge < -0.3 is 20.3 Å². The van der Waals surface area contributed by atoms with E-state index < -0.39 is 0 Å². The second-order valence-electron chi connectivity index (χ2n) is 5.52. The molecule has 7 heteroatoms. The predicted molar refractivity (Wildman–Crippen MR) is 96.8 cm³/mol. The van der Waals surface area contributed by atoms with Crippen LogP contribution in [0.25, 0.3) is 0 Å². The maximum Gasteiger partial charge on any atom is 0.260 e. The Morgan fingerprint density at radius 1 is 1.33 bits per heavy atom. The van der Waals surface area contributed by atoms with Crippen molar-refractivity contribution in [2.75, 3.05) is 31.6 Å². The van der Waals surface area contributed by atoms with Gasteiger partial charge in [0.2, 0.25) is 5.91 Å². The summed E-state index contributed by atoms with van der Waals surface area (Å²) in [5.74, 6) is 0.501. The van der Waals surface area contributed by atoms with Gasteiger partial charge in [-0.2, -0.15) is 0 Å². The summed E-state index contributed by atoms with van der Waals surface area (Å²) in [5, 5.41) is 6.04. The van der Waals surface area contributed by atoms with Crippen molar-refractivity contribution in [2.24, 2.45) is 0 Å². The molecule has 1 aromatic carbocycles. The van der Waals surface area contributed by atoms with Crippen LogP contribution in [0, 0.1) is 0 Å². The number of carbonyl (C=O) groups is 2. The van der Waals surface area contributed by atoms with E-state index in [-0.39, 0.29) is 36.9 Å². The number of likely N-dealkylation sites (N-methyl/N-ethyl adjacent to an activating group) is 1. The second kappa shape index (κ2) is 10.2. The minimum Gasteiger partial charge on any atom is -0.484 e. The highest BCUT2D eigenvalue weighted by molar-refractivity contribution is 5.95. The van der Waals surface area contributed by atoms with E-state index in [9.17, 15) is 9.59 Å². The SMILES string of the molecule is CCN(CC)C(=O)COc1cccc(NC(=O)C2CCCN2)c1.Cl. The van der Waals surface area contributed by atoms with Gasteiger partial charge in [0.1, 0.15) is 5.75 Å². The van der Waals surface area contributed by atoms with Crippen molar-refractivity contribution in [1.29, 1.82) is 0 Å². The zero-order chi connectivity index (χ0) is 16.7. The summed E-state index contributed by atoms with van der Waals surface area (Å²) in [4.78, 5) is 25.7. The Morgan fingerprint density at radius 3 is 2.71 bits per heavy atom. The summed E-state index contributed by atoms with van der Waals surface area (Å²) in [5.41, 5.74) is 0.677. The number of anilines is 1. The maximum atomic E-state index is 12.1. The molecule has 0 radical (unpaired) electrons. The Bertz CT molecular complexity index is 544. The molecule has 0 bridgehead atoms. The summed E-state index contributed by atoms with van der Waals surface area (Å²) >= 11 is 0. The first-order valence-corrected chi connectivity index (χ1v) is 8.19. The van der Waals surface area contributed by atoms with Crippen LogP contribution in [-0.4, -0.2) is 49.0 Å². The van der Waals surface area contributed by atoms with Crippen LogP contribution in [0.15, 0.2) is 24.3 Å². The fourth-order valence-corrected chi connectivity index (χ4v) is 2.61. The van der Waals surface area contributed by atoms with Crippen LogP contribution < -0.4 is 15.4 Å². The first kappa shape index (κ1) is 20.3. The van der Waals surface area contributed by atoms with Crippen LogP contribution in [0.3, 0.4) is 0 Å². The van der Waals surface area contributed by atoms with E-state index in [0.717, 1.165) is 19.4 Å². The second-order valence-corrected chi connectivity index (χ2v) is 5.52. The van der Waals surface area contributed by atoms with Gasteiger partial charge in [-0.1, -0.05) is 6.07 Å². The fraction of sp³-hybridized carbons (Fsp3) is 0.529. The number of hydrogen-bond donors (Lipinski definition) is 2. The molecule has 2 rings (SSSR count). The van der Waals surface area contributed by atoms with Gasteiger partial charge in [0.05, 0.1) is 6.04 Å². The third-order valence-corrected chi connectivity index (χ3v) is 3.96. The van der Waals surface area contributed by atoms with Crippen LogP contribution >= 0.6 is 12.4 Å². The molecule has 1 saturated heterocycles. The average Bonchev–Trinajstić information content (AvgIpc) is 3.09. The van der Waals surface area contributed by atoms with E-state index in [1.54, 1.807) is 23.1 Å². The zero-order valence-corrected chi connectivity index (χ0v) is 15.0. The third kappa shape index (κ3) is 5.69. The minimum absolute atomic E-state index is 0.